The zero-order valence-electron chi connectivity index (χ0n) is 9.37. The van der Waals surface area contributed by atoms with Crippen molar-refractivity contribution in [2.45, 2.75) is 0 Å². The second-order valence-electron chi connectivity index (χ2n) is 3.86. The molecule has 0 amide bonds. The zero-order chi connectivity index (χ0) is 13.6. The first-order chi connectivity index (χ1) is 9.04. The number of nitrogens with zero attached hydrogens (tertiary/aromatic N) is 2. The monoisotopic (exact) mass is 339 g/mol. The van der Waals surface area contributed by atoms with E-state index in [1.54, 1.807) is 18.2 Å². The van der Waals surface area contributed by atoms with Crippen molar-refractivity contribution in [2.24, 2.45) is 0 Å². The first kappa shape index (κ1) is 12.2. The molecule has 0 unspecified atom stereocenters. The van der Waals surface area contributed by atoms with Gasteiger partial charge in [-0.2, -0.15) is 4.98 Å². The van der Waals surface area contributed by atoms with Gasteiger partial charge in [0.2, 0.25) is 5.95 Å². The molecule has 1 aromatic carbocycles. The van der Waals surface area contributed by atoms with E-state index in [0.717, 1.165) is 10.0 Å². The van der Waals surface area contributed by atoms with Gasteiger partial charge in [-0.1, -0.05) is 27.5 Å². The number of anilines is 1. The molecular formula is C11H7BrClN5O. The molecule has 96 valence electrons. The van der Waals surface area contributed by atoms with Crippen molar-refractivity contribution in [3.05, 3.63) is 38.0 Å². The van der Waals surface area contributed by atoms with Crippen molar-refractivity contribution in [1.82, 2.24) is 19.9 Å². The molecule has 0 aliphatic heterocycles. The Balaban J connectivity index is 2.29. The van der Waals surface area contributed by atoms with E-state index < -0.39 is 0 Å². The number of nitrogen functional groups attached to an aromatic ring is 1. The van der Waals surface area contributed by atoms with Crippen molar-refractivity contribution >= 4 is 44.6 Å². The van der Waals surface area contributed by atoms with E-state index in [1.807, 2.05) is 0 Å². The van der Waals surface area contributed by atoms with Gasteiger partial charge in [0.05, 0.1) is 0 Å². The van der Waals surface area contributed by atoms with Crippen LogP contribution in [0.5, 0.6) is 0 Å². The molecule has 8 heteroatoms. The van der Waals surface area contributed by atoms with Crippen LogP contribution in [0.15, 0.2) is 27.5 Å². The highest BCUT2D eigenvalue weighted by molar-refractivity contribution is 9.10. The van der Waals surface area contributed by atoms with Crippen LogP contribution in [-0.4, -0.2) is 19.9 Å². The topological polar surface area (TPSA) is 100 Å². The number of benzene rings is 1. The minimum Gasteiger partial charge on any atom is -0.369 e. The maximum atomic E-state index is 11.7. The highest BCUT2D eigenvalue weighted by Gasteiger charge is 2.12. The molecule has 19 heavy (non-hydrogen) atoms. The molecule has 0 bridgehead atoms. The number of halogens is 2. The van der Waals surface area contributed by atoms with Gasteiger partial charge in [0.25, 0.3) is 5.56 Å². The molecule has 0 atom stereocenters. The zero-order valence-corrected chi connectivity index (χ0v) is 11.7. The standard InChI is InChI=1S/C11H7BrClN5O/c12-6-2-1-4(13)3-5(6)8-15-7-9(16-8)17-11(14)18-10(7)19/h1-3H,(H4,14,15,16,17,18,19). The first-order valence-electron chi connectivity index (χ1n) is 5.25. The van der Waals surface area contributed by atoms with Crippen LogP contribution < -0.4 is 11.3 Å². The summed E-state index contributed by atoms with van der Waals surface area (Å²) in [6.45, 7) is 0. The number of fused-ring (bicyclic) bond motifs is 1. The van der Waals surface area contributed by atoms with Crippen LogP contribution in [0.3, 0.4) is 0 Å². The SMILES string of the molecule is Nc1nc2nc(-c3cc(Cl)ccc3Br)[nH]c2c(=O)[nH]1. The van der Waals surface area contributed by atoms with Crippen molar-refractivity contribution in [1.29, 1.82) is 0 Å². The largest absolute Gasteiger partial charge is 0.369 e. The summed E-state index contributed by atoms with van der Waals surface area (Å²) in [7, 11) is 0. The summed E-state index contributed by atoms with van der Waals surface area (Å²) in [4.78, 5) is 25.2. The Morgan fingerprint density at radius 1 is 1.26 bits per heavy atom. The van der Waals surface area contributed by atoms with Crippen LogP contribution in [0.25, 0.3) is 22.6 Å². The Hall–Kier alpha value is -1.86. The van der Waals surface area contributed by atoms with E-state index in [2.05, 4.69) is 35.9 Å². The van der Waals surface area contributed by atoms with E-state index in [9.17, 15) is 4.79 Å². The van der Waals surface area contributed by atoms with Gasteiger partial charge in [-0.3, -0.25) is 9.78 Å². The molecule has 0 fully saturated rings. The second kappa shape index (κ2) is 4.36. The summed E-state index contributed by atoms with van der Waals surface area (Å²) in [5.74, 6) is 0.522. The molecule has 0 saturated heterocycles. The van der Waals surface area contributed by atoms with Gasteiger partial charge < -0.3 is 10.7 Å². The van der Waals surface area contributed by atoms with Crippen molar-refractivity contribution in [2.75, 3.05) is 5.73 Å². The number of imidazole rings is 1. The Morgan fingerprint density at radius 3 is 2.84 bits per heavy atom. The third-order valence-electron chi connectivity index (χ3n) is 2.56. The van der Waals surface area contributed by atoms with Gasteiger partial charge in [0.15, 0.2) is 11.2 Å². The van der Waals surface area contributed by atoms with E-state index in [4.69, 9.17) is 17.3 Å². The quantitative estimate of drug-likeness (QED) is 0.633. The van der Waals surface area contributed by atoms with Gasteiger partial charge in [-0.25, -0.2) is 4.98 Å². The molecule has 2 aromatic heterocycles. The van der Waals surface area contributed by atoms with Crippen LogP contribution in [-0.2, 0) is 0 Å². The van der Waals surface area contributed by atoms with Gasteiger partial charge in [0, 0.05) is 15.1 Å². The highest BCUT2D eigenvalue weighted by Crippen LogP contribution is 2.29. The predicted octanol–water partition coefficient (Wildman–Crippen LogP) is 2.31. The Labute approximate surface area is 120 Å². The van der Waals surface area contributed by atoms with E-state index >= 15 is 0 Å². The van der Waals surface area contributed by atoms with Crippen LogP contribution in [0.4, 0.5) is 5.95 Å². The molecule has 6 nitrogen and oxygen atoms in total. The van der Waals surface area contributed by atoms with Crippen LogP contribution in [0.1, 0.15) is 0 Å². The Morgan fingerprint density at radius 2 is 2.05 bits per heavy atom. The predicted molar refractivity (Wildman–Crippen MR) is 77.1 cm³/mol. The number of H-pyrrole nitrogens is 2. The average Bonchev–Trinajstić information content (AvgIpc) is 2.76. The molecule has 0 radical (unpaired) electrons. The van der Waals surface area contributed by atoms with E-state index in [-0.39, 0.29) is 22.7 Å². The molecule has 2 heterocycles. The summed E-state index contributed by atoms with van der Waals surface area (Å²) < 4.78 is 0.806. The lowest BCUT2D eigenvalue weighted by Crippen LogP contribution is -2.10. The molecule has 0 aliphatic carbocycles. The summed E-state index contributed by atoms with van der Waals surface area (Å²) in [6, 6.07) is 5.29. The number of rotatable bonds is 1. The second-order valence-corrected chi connectivity index (χ2v) is 5.15. The third-order valence-corrected chi connectivity index (χ3v) is 3.49. The number of hydrogen-bond donors (Lipinski definition) is 3. The Bertz CT molecular complexity index is 841. The fourth-order valence-corrected chi connectivity index (χ4v) is 2.34. The van der Waals surface area contributed by atoms with Crippen molar-refractivity contribution in [3.8, 4) is 11.4 Å². The summed E-state index contributed by atoms with van der Waals surface area (Å²) in [5.41, 5.74) is 6.39. The minimum atomic E-state index is -0.362. The van der Waals surface area contributed by atoms with Gasteiger partial charge in [-0.15, -0.1) is 0 Å². The summed E-state index contributed by atoms with van der Waals surface area (Å²) in [6.07, 6.45) is 0. The Kier molecular flexibility index (Phi) is 2.79. The normalized spacial score (nSPS) is 11.1. The molecule has 0 spiro atoms. The van der Waals surface area contributed by atoms with Gasteiger partial charge in [0.1, 0.15) is 5.82 Å². The van der Waals surface area contributed by atoms with Crippen molar-refractivity contribution in [3.63, 3.8) is 0 Å². The van der Waals surface area contributed by atoms with E-state index in [1.165, 1.54) is 0 Å². The average molecular weight is 341 g/mol. The molecule has 0 saturated carbocycles. The number of aromatic nitrogens is 4. The minimum absolute atomic E-state index is 0.0284. The fourth-order valence-electron chi connectivity index (χ4n) is 1.73. The third kappa shape index (κ3) is 2.11. The smallest absolute Gasteiger partial charge is 0.278 e. The maximum Gasteiger partial charge on any atom is 0.278 e. The number of hydrogen-bond acceptors (Lipinski definition) is 4. The maximum absolute atomic E-state index is 11.7. The summed E-state index contributed by atoms with van der Waals surface area (Å²) in [5, 5.41) is 0.569. The number of nitrogens with one attached hydrogen (secondary N) is 2. The molecule has 0 aliphatic rings. The molecule has 3 aromatic rings. The van der Waals surface area contributed by atoms with Gasteiger partial charge >= 0.3 is 0 Å². The van der Waals surface area contributed by atoms with Crippen LogP contribution in [0.2, 0.25) is 5.02 Å². The van der Waals surface area contributed by atoms with Crippen LogP contribution in [0, 0.1) is 0 Å². The lowest BCUT2D eigenvalue weighted by Gasteiger charge is -2.00. The fraction of sp³-hybridized carbons (Fsp3) is 0. The molecule has 4 N–H and O–H groups in total. The molecular weight excluding hydrogens is 334 g/mol. The lowest BCUT2D eigenvalue weighted by molar-refractivity contribution is 1.17. The number of nitrogens with two attached hydrogens (primary N) is 1. The summed E-state index contributed by atoms with van der Waals surface area (Å²) >= 11 is 9.36. The van der Waals surface area contributed by atoms with Crippen LogP contribution >= 0.6 is 27.5 Å². The number of aromatic amines is 2. The molecule has 3 rings (SSSR count). The highest BCUT2D eigenvalue weighted by atomic mass is 79.9. The first-order valence-corrected chi connectivity index (χ1v) is 6.42. The van der Waals surface area contributed by atoms with Gasteiger partial charge in [-0.05, 0) is 18.2 Å². The lowest BCUT2D eigenvalue weighted by atomic mass is 10.2. The van der Waals surface area contributed by atoms with E-state index in [0.29, 0.717) is 10.8 Å². The van der Waals surface area contributed by atoms with Crippen molar-refractivity contribution < 1.29 is 0 Å².